The number of nitrogens with zero attached hydrogens (tertiary/aromatic N) is 1. The quantitative estimate of drug-likeness (QED) is 0.461. The highest BCUT2D eigenvalue weighted by molar-refractivity contribution is 6.06. The first-order valence-corrected chi connectivity index (χ1v) is 6.39. The van der Waals surface area contributed by atoms with Crippen molar-refractivity contribution in [2.75, 3.05) is 12.8 Å². The van der Waals surface area contributed by atoms with Crippen molar-refractivity contribution in [1.29, 1.82) is 0 Å². The highest BCUT2D eigenvalue weighted by Gasteiger charge is 2.33. The van der Waals surface area contributed by atoms with Crippen molar-refractivity contribution in [2.24, 2.45) is 0 Å². The van der Waals surface area contributed by atoms with Crippen LogP contribution in [0.1, 0.15) is 33.6 Å². The number of carbonyl (C=O) groups excluding carboxylic acids is 4. The molecule has 1 aliphatic rings. The van der Waals surface area contributed by atoms with Crippen LogP contribution in [-0.2, 0) is 9.59 Å². The number of rotatable bonds is 3. The number of benzene rings is 1. The molecule has 1 saturated heterocycles. The van der Waals surface area contributed by atoms with Crippen LogP contribution in [0.4, 0.5) is 5.69 Å². The Morgan fingerprint density at radius 1 is 1.43 bits per heavy atom. The number of amides is 3. The number of anilines is 1. The van der Waals surface area contributed by atoms with Crippen LogP contribution >= 0.6 is 0 Å². The third kappa shape index (κ3) is 2.91. The number of imide groups is 1. The fourth-order valence-electron chi connectivity index (χ4n) is 2.26. The normalized spacial score (nSPS) is 18.0. The van der Waals surface area contributed by atoms with Crippen LogP contribution in [0.15, 0.2) is 18.2 Å². The minimum absolute atomic E-state index is 0.166. The molecule has 2 rings (SSSR count). The maximum atomic E-state index is 12.4. The zero-order valence-corrected chi connectivity index (χ0v) is 11.5. The number of nitrogen functional groups attached to an aromatic ring is 1. The number of aldehydes is 1. The zero-order valence-electron chi connectivity index (χ0n) is 11.5. The van der Waals surface area contributed by atoms with Gasteiger partial charge in [0, 0.05) is 24.7 Å². The Morgan fingerprint density at radius 2 is 2.14 bits per heavy atom. The van der Waals surface area contributed by atoms with E-state index < -0.39 is 17.9 Å². The maximum absolute atomic E-state index is 12.4. The Morgan fingerprint density at radius 3 is 2.76 bits per heavy atom. The molecule has 3 amide bonds. The molecular weight excluding hydrogens is 274 g/mol. The second-order valence-electron chi connectivity index (χ2n) is 4.85. The molecule has 0 bridgehead atoms. The van der Waals surface area contributed by atoms with Crippen molar-refractivity contribution in [3.05, 3.63) is 29.3 Å². The van der Waals surface area contributed by atoms with E-state index in [1.807, 2.05) is 0 Å². The van der Waals surface area contributed by atoms with Gasteiger partial charge in [-0.1, -0.05) is 0 Å². The van der Waals surface area contributed by atoms with Gasteiger partial charge >= 0.3 is 0 Å². The van der Waals surface area contributed by atoms with Crippen molar-refractivity contribution < 1.29 is 19.2 Å². The summed E-state index contributed by atoms with van der Waals surface area (Å²) in [5, 5.41) is 2.19. The second kappa shape index (κ2) is 5.74. The summed E-state index contributed by atoms with van der Waals surface area (Å²) in [6.45, 7) is 0. The maximum Gasteiger partial charge on any atom is 0.255 e. The van der Waals surface area contributed by atoms with E-state index in [1.54, 1.807) is 0 Å². The topological polar surface area (TPSA) is 110 Å². The van der Waals surface area contributed by atoms with E-state index >= 15 is 0 Å². The standard InChI is InChI=1S/C14H15N3O4/c1-17(11-4-5-12(19)16-13(11)20)14(21)10-3-2-9(15)6-8(10)7-18/h2-3,6-7,11H,4-5,15H2,1H3,(H,16,19,20). The van der Waals surface area contributed by atoms with Crippen molar-refractivity contribution in [1.82, 2.24) is 10.2 Å². The molecule has 7 nitrogen and oxygen atoms in total. The predicted molar refractivity (Wildman–Crippen MR) is 74.5 cm³/mol. The number of nitrogens with one attached hydrogen (secondary N) is 1. The largest absolute Gasteiger partial charge is 0.399 e. The summed E-state index contributed by atoms with van der Waals surface area (Å²) >= 11 is 0. The third-order valence-electron chi connectivity index (χ3n) is 3.43. The van der Waals surface area contributed by atoms with Gasteiger partial charge in [0.25, 0.3) is 5.91 Å². The minimum Gasteiger partial charge on any atom is -0.399 e. The van der Waals surface area contributed by atoms with Gasteiger partial charge < -0.3 is 10.6 Å². The van der Waals surface area contributed by atoms with Gasteiger partial charge in [0.15, 0.2) is 6.29 Å². The Labute approximate surface area is 121 Å². The molecule has 21 heavy (non-hydrogen) atoms. The molecule has 0 aliphatic carbocycles. The van der Waals surface area contributed by atoms with Gasteiger partial charge in [0.1, 0.15) is 6.04 Å². The number of likely N-dealkylation sites (N-methyl/N-ethyl adjacent to an activating group) is 1. The molecule has 0 saturated carbocycles. The summed E-state index contributed by atoms with van der Waals surface area (Å²) in [6, 6.07) is 3.63. The summed E-state index contributed by atoms with van der Waals surface area (Å²) in [5.41, 5.74) is 6.29. The fourth-order valence-corrected chi connectivity index (χ4v) is 2.26. The van der Waals surface area contributed by atoms with E-state index in [-0.39, 0.29) is 29.9 Å². The monoisotopic (exact) mass is 289 g/mol. The van der Waals surface area contributed by atoms with Crippen LogP contribution in [0.25, 0.3) is 0 Å². The molecule has 1 atom stereocenters. The van der Waals surface area contributed by atoms with Gasteiger partial charge in [-0.05, 0) is 24.6 Å². The average Bonchev–Trinajstić information content (AvgIpc) is 2.45. The fraction of sp³-hybridized carbons (Fsp3) is 0.286. The number of hydrogen-bond acceptors (Lipinski definition) is 5. The molecule has 7 heteroatoms. The van der Waals surface area contributed by atoms with Gasteiger partial charge in [0.05, 0.1) is 5.56 Å². The van der Waals surface area contributed by atoms with E-state index in [0.717, 1.165) is 0 Å². The van der Waals surface area contributed by atoms with E-state index in [9.17, 15) is 19.2 Å². The number of carbonyl (C=O) groups is 4. The van der Waals surface area contributed by atoms with Gasteiger partial charge in [-0.25, -0.2) is 0 Å². The molecule has 1 heterocycles. The van der Waals surface area contributed by atoms with Crippen LogP contribution in [0.2, 0.25) is 0 Å². The molecule has 1 unspecified atom stereocenters. The molecule has 1 aliphatic heterocycles. The Bertz CT molecular complexity index is 627. The molecular formula is C14H15N3O4. The molecule has 0 spiro atoms. The number of hydrogen-bond donors (Lipinski definition) is 2. The molecule has 110 valence electrons. The third-order valence-corrected chi connectivity index (χ3v) is 3.43. The van der Waals surface area contributed by atoms with Crippen molar-refractivity contribution in [2.45, 2.75) is 18.9 Å². The lowest BCUT2D eigenvalue weighted by Gasteiger charge is -2.30. The SMILES string of the molecule is CN(C(=O)c1ccc(N)cc1C=O)C1CCC(=O)NC1=O. The molecule has 0 aromatic heterocycles. The number of nitrogens with two attached hydrogens (primary N) is 1. The Hall–Kier alpha value is -2.70. The lowest BCUT2D eigenvalue weighted by Crippen LogP contribution is -2.53. The summed E-state index contributed by atoms with van der Waals surface area (Å²) in [5.74, 6) is -1.32. The van der Waals surface area contributed by atoms with Gasteiger partial charge in [-0.3, -0.25) is 24.5 Å². The summed E-state index contributed by atoms with van der Waals surface area (Å²) in [7, 11) is 1.47. The summed E-state index contributed by atoms with van der Waals surface area (Å²) < 4.78 is 0. The number of piperidine rings is 1. The van der Waals surface area contributed by atoms with E-state index in [2.05, 4.69) is 5.32 Å². The van der Waals surface area contributed by atoms with Gasteiger partial charge in [-0.2, -0.15) is 0 Å². The van der Waals surface area contributed by atoms with E-state index in [4.69, 9.17) is 5.73 Å². The van der Waals surface area contributed by atoms with E-state index in [1.165, 1.54) is 30.1 Å². The lowest BCUT2D eigenvalue weighted by molar-refractivity contribution is -0.136. The Kier molecular flexibility index (Phi) is 4.02. The van der Waals surface area contributed by atoms with Crippen molar-refractivity contribution in [3.8, 4) is 0 Å². The average molecular weight is 289 g/mol. The molecule has 3 N–H and O–H groups in total. The highest BCUT2D eigenvalue weighted by atomic mass is 16.2. The van der Waals surface area contributed by atoms with Crippen molar-refractivity contribution >= 4 is 29.7 Å². The first kappa shape index (κ1) is 14.7. The van der Waals surface area contributed by atoms with Crippen molar-refractivity contribution in [3.63, 3.8) is 0 Å². The molecule has 1 fully saturated rings. The zero-order chi connectivity index (χ0) is 15.6. The molecule has 1 aromatic carbocycles. The predicted octanol–water partition coefficient (Wildman–Crippen LogP) is -0.0415. The van der Waals surface area contributed by atoms with Crippen LogP contribution < -0.4 is 11.1 Å². The lowest BCUT2D eigenvalue weighted by atomic mass is 10.0. The van der Waals surface area contributed by atoms with Crippen LogP contribution in [0, 0.1) is 0 Å². The Balaban J connectivity index is 2.25. The molecule has 0 radical (unpaired) electrons. The second-order valence-corrected chi connectivity index (χ2v) is 4.85. The van der Waals surface area contributed by atoms with Gasteiger partial charge in [0.2, 0.25) is 11.8 Å². The first-order chi connectivity index (χ1) is 9.93. The van der Waals surface area contributed by atoms with E-state index in [0.29, 0.717) is 12.0 Å². The van der Waals surface area contributed by atoms with Crippen LogP contribution in [-0.4, -0.2) is 42.0 Å². The van der Waals surface area contributed by atoms with Crippen LogP contribution in [0.5, 0.6) is 0 Å². The smallest absolute Gasteiger partial charge is 0.255 e. The van der Waals surface area contributed by atoms with Gasteiger partial charge in [-0.15, -0.1) is 0 Å². The first-order valence-electron chi connectivity index (χ1n) is 6.39. The minimum atomic E-state index is -0.729. The molecule has 1 aromatic rings. The highest BCUT2D eigenvalue weighted by Crippen LogP contribution is 2.18. The van der Waals surface area contributed by atoms with Crippen LogP contribution in [0.3, 0.4) is 0 Å². The summed E-state index contributed by atoms with van der Waals surface area (Å²) in [4.78, 5) is 47.6. The summed E-state index contributed by atoms with van der Waals surface area (Å²) in [6.07, 6.45) is 0.983.